The summed E-state index contributed by atoms with van der Waals surface area (Å²) in [6.45, 7) is 5.51. The molecule has 3 aromatic rings. The molecule has 0 atom stereocenters. The largest absolute Gasteiger partial charge is 0.405 e. The minimum atomic E-state index is -0.579. The second-order valence-corrected chi connectivity index (χ2v) is 7.52. The third-order valence-electron chi connectivity index (χ3n) is 3.45. The summed E-state index contributed by atoms with van der Waals surface area (Å²) in [6.07, 6.45) is 0. The quantitative estimate of drug-likeness (QED) is 0.598. The van der Waals surface area contributed by atoms with E-state index in [0.717, 1.165) is 21.0 Å². The Kier molecular flexibility index (Phi) is 4.49. The van der Waals surface area contributed by atoms with Gasteiger partial charge >= 0.3 is 5.97 Å². The van der Waals surface area contributed by atoms with Crippen LogP contribution in [0.3, 0.4) is 0 Å². The first-order valence-electron chi connectivity index (χ1n) is 7.79. The Morgan fingerprint density at radius 3 is 2.00 bits per heavy atom. The van der Waals surface area contributed by atoms with Crippen LogP contribution in [0.1, 0.15) is 20.8 Å². The van der Waals surface area contributed by atoms with Gasteiger partial charge in [-0.3, -0.25) is 4.79 Å². The molecule has 4 heteroatoms. The highest BCUT2D eigenvalue weighted by molar-refractivity contribution is 7.18. The van der Waals surface area contributed by atoms with Crippen LogP contribution >= 0.6 is 11.3 Å². The molecular weight excluding hydrogens is 318 g/mol. The minimum Gasteiger partial charge on any atom is -0.405 e. The molecular formula is C20H19NO2S. The van der Waals surface area contributed by atoms with Crippen molar-refractivity contribution in [1.82, 2.24) is 4.98 Å². The highest BCUT2D eigenvalue weighted by Gasteiger charge is 2.27. The Morgan fingerprint density at radius 2 is 1.46 bits per heavy atom. The smallest absolute Gasteiger partial charge is 0.317 e. The number of hydrogen-bond donors (Lipinski definition) is 0. The first-order chi connectivity index (χ1) is 11.4. The lowest BCUT2D eigenvalue weighted by Crippen LogP contribution is -2.25. The van der Waals surface area contributed by atoms with Crippen molar-refractivity contribution in [3.8, 4) is 26.9 Å². The van der Waals surface area contributed by atoms with Crippen LogP contribution in [0, 0.1) is 5.41 Å². The van der Waals surface area contributed by atoms with Crippen molar-refractivity contribution in [3.63, 3.8) is 0 Å². The summed E-state index contributed by atoms with van der Waals surface area (Å²) in [6, 6.07) is 19.8. The molecule has 0 saturated carbocycles. The van der Waals surface area contributed by atoms with Crippen molar-refractivity contribution in [2.45, 2.75) is 20.8 Å². The van der Waals surface area contributed by atoms with Gasteiger partial charge in [-0.15, -0.1) is 11.3 Å². The van der Waals surface area contributed by atoms with Gasteiger partial charge in [0.05, 0.1) is 10.3 Å². The molecule has 0 spiro atoms. The number of hydrogen-bond acceptors (Lipinski definition) is 4. The molecule has 122 valence electrons. The number of carbonyl (C=O) groups excluding carboxylic acids is 1. The molecule has 0 aliphatic heterocycles. The van der Waals surface area contributed by atoms with E-state index < -0.39 is 5.41 Å². The Morgan fingerprint density at radius 1 is 0.917 bits per heavy atom. The second-order valence-electron chi connectivity index (χ2n) is 6.52. The Labute approximate surface area is 146 Å². The van der Waals surface area contributed by atoms with E-state index in [9.17, 15) is 4.79 Å². The Bertz CT molecular complexity index is 833. The molecule has 0 aliphatic rings. The number of aromatic nitrogens is 1. The van der Waals surface area contributed by atoms with Gasteiger partial charge < -0.3 is 4.74 Å². The lowest BCUT2D eigenvalue weighted by atomic mass is 9.97. The molecule has 0 saturated heterocycles. The van der Waals surface area contributed by atoms with E-state index in [4.69, 9.17) is 4.74 Å². The average Bonchev–Trinajstić information content (AvgIpc) is 2.99. The Balaban J connectivity index is 2.05. The summed E-state index contributed by atoms with van der Waals surface area (Å²) in [5.74, 6) is 0.0922. The highest BCUT2D eigenvalue weighted by atomic mass is 32.1. The third-order valence-corrected chi connectivity index (χ3v) is 4.59. The zero-order chi connectivity index (χ0) is 17.2. The molecule has 0 bridgehead atoms. The number of nitrogens with zero attached hydrogens (tertiary/aromatic N) is 1. The van der Waals surface area contributed by atoms with Gasteiger partial charge in [0.15, 0.2) is 0 Å². The lowest BCUT2D eigenvalue weighted by molar-refractivity contribution is -0.143. The van der Waals surface area contributed by atoms with Gasteiger partial charge in [-0.05, 0) is 26.3 Å². The summed E-state index contributed by atoms with van der Waals surface area (Å²) in [5.41, 5.74) is 1.43. The first-order valence-corrected chi connectivity index (χ1v) is 8.61. The summed E-state index contributed by atoms with van der Waals surface area (Å²) >= 11 is 1.53. The van der Waals surface area contributed by atoms with E-state index in [1.807, 2.05) is 81.4 Å². The number of benzene rings is 2. The van der Waals surface area contributed by atoms with Crippen LogP contribution in [0.2, 0.25) is 0 Å². The zero-order valence-corrected chi connectivity index (χ0v) is 14.8. The van der Waals surface area contributed by atoms with Crippen LogP contribution < -0.4 is 4.74 Å². The van der Waals surface area contributed by atoms with Crippen LogP contribution in [0.4, 0.5) is 0 Å². The average molecular weight is 337 g/mol. The highest BCUT2D eigenvalue weighted by Crippen LogP contribution is 2.40. The predicted molar refractivity (Wildman–Crippen MR) is 98.1 cm³/mol. The maximum atomic E-state index is 12.3. The monoisotopic (exact) mass is 337 g/mol. The topological polar surface area (TPSA) is 39.2 Å². The predicted octanol–water partition coefficient (Wildman–Crippen LogP) is 5.43. The lowest BCUT2D eigenvalue weighted by Gasteiger charge is -2.15. The van der Waals surface area contributed by atoms with E-state index in [0.29, 0.717) is 5.88 Å². The number of thiazole rings is 1. The van der Waals surface area contributed by atoms with Gasteiger partial charge in [0.2, 0.25) is 5.88 Å². The molecule has 1 heterocycles. The van der Waals surface area contributed by atoms with Gasteiger partial charge in [0.1, 0.15) is 5.01 Å². The van der Waals surface area contributed by atoms with Gasteiger partial charge in [-0.1, -0.05) is 60.7 Å². The van der Waals surface area contributed by atoms with Crippen LogP contribution in [-0.4, -0.2) is 11.0 Å². The van der Waals surface area contributed by atoms with Crippen LogP contribution in [0.5, 0.6) is 5.88 Å². The van der Waals surface area contributed by atoms with Crippen LogP contribution in [0.25, 0.3) is 21.0 Å². The van der Waals surface area contributed by atoms with Crippen LogP contribution in [0.15, 0.2) is 60.7 Å². The van der Waals surface area contributed by atoms with Gasteiger partial charge in [0.25, 0.3) is 0 Å². The molecule has 0 N–H and O–H groups in total. The summed E-state index contributed by atoms with van der Waals surface area (Å²) in [4.78, 5) is 17.8. The number of rotatable bonds is 3. The maximum Gasteiger partial charge on any atom is 0.317 e. The van der Waals surface area contributed by atoms with E-state index in [2.05, 4.69) is 4.98 Å². The van der Waals surface area contributed by atoms with Crippen molar-refractivity contribution in [1.29, 1.82) is 0 Å². The van der Waals surface area contributed by atoms with E-state index in [1.54, 1.807) is 0 Å². The third kappa shape index (κ3) is 3.54. The fraction of sp³-hybridized carbons (Fsp3) is 0.200. The fourth-order valence-corrected chi connectivity index (χ4v) is 3.10. The maximum absolute atomic E-state index is 12.3. The van der Waals surface area contributed by atoms with Gasteiger partial charge in [-0.25, -0.2) is 4.98 Å². The minimum absolute atomic E-state index is 0.287. The molecule has 24 heavy (non-hydrogen) atoms. The standard InChI is InChI=1S/C20H19NO2S/c1-20(2,3)19(22)23-17-16(14-10-6-4-7-11-14)24-18(21-17)15-12-8-5-9-13-15/h4-13H,1-3H3. The molecule has 3 rings (SSSR count). The summed E-state index contributed by atoms with van der Waals surface area (Å²) < 4.78 is 5.63. The molecule has 2 aromatic carbocycles. The van der Waals surface area contributed by atoms with Crippen molar-refractivity contribution in [2.75, 3.05) is 0 Å². The fourth-order valence-electron chi connectivity index (χ4n) is 2.09. The second kappa shape index (κ2) is 6.57. The molecule has 1 aromatic heterocycles. The van der Waals surface area contributed by atoms with Crippen molar-refractivity contribution in [3.05, 3.63) is 60.7 Å². The molecule has 3 nitrogen and oxygen atoms in total. The summed E-state index contributed by atoms with van der Waals surface area (Å²) in [7, 11) is 0. The number of ether oxygens (including phenoxy) is 1. The van der Waals surface area contributed by atoms with Crippen molar-refractivity contribution >= 4 is 17.3 Å². The number of carbonyl (C=O) groups is 1. The molecule has 0 radical (unpaired) electrons. The Hall–Kier alpha value is -2.46. The van der Waals surface area contributed by atoms with Gasteiger partial charge in [0, 0.05) is 5.56 Å². The molecule has 0 fully saturated rings. The van der Waals surface area contributed by atoms with E-state index in [-0.39, 0.29) is 5.97 Å². The van der Waals surface area contributed by atoms with E-state index >= 15 is 0 Å². The molecule has 0 amide bonds. The normalized spacial score (nSPS) is 11.3. The number of esters is 1. The van der Waals surface area contributed by atoms with E-state index in [1.165, 1.54) is 11.3 Å². The zero-order valence-electron chi connectivity index (χ0n) is 13.9. The van der Waals surface area contributed by atoms with Crippen molar-refractivity contribution < 1.29 is 9.53 Å². The van der Waals surface area contributed by atoms with Crippen molar-refractivity contribution in [2.24, 2.45) is 5.41 Å². The van der Waals surface area contributed by atoms with Crippen LogP contribution in [-0.2, 0) is 4.79 Å². The molecule has 0 unspecified atom stereocenters. The summed E-state index contributed by atoms with van der Waals surface area (Å²) in [5, 5.41) is 0.839. The first kappa shape index (κ1) is 16.4. The molecule has 0 aliphatic carbocycles. The van der Waals surface area contributed by atoms with Gasteiger partial charge in [-0.2, -0.15) is 0 Å². The SMILES string of the molecule is CC(C)(C)C(=O)Oc1nc(-c2ccccc2)sc1-c1ccccc1.